The average molecular weight is 379 g/mol. The Morgan fingerprint density at radius 3 is 2.27 bits per heavy atom. The van der Waals surface area contributed by atoms with Gasteiger partial charge in [0, 0.05) is 12.1 Å². The van der Waals surface area contributed by atoms with Gasteiger partial charge in [-0.15, -0.1) is 0 Å². The van der Waals surface area contributed by atoms with Gasteiger partial charge in [0.25, 0.3) is 0 Å². The Hall–Kier alpha value is -1.14. The van der Waals surface area contributed by atoms with E-state index in [1.807, 2.05) is 0 Å². The van der Waals surface area contributed by atoms with Gasteiger partial charge in [0.2, 0.25) is 8.32 Å². The first-order chi connectivity index (χ1) is 12.2. The molecule has 5 nitrogen and oxygen atoms in total. The average Bonchev–Trinajstić information content (AvgIpc) is 2.95. The summed E-state index contributed by atoms with van der Waals surface area (Å²) in [5.41, 5.74) is 8.47. The Morgan fingerprint density at radius 2 is 1.77 bits per heavy atom. The second-order valence-corrected chi connectivity index (χ2v) is 14.2. The molecular weight excluding hydrogens is 340 g/mol. The lowest BCUT2D eigenvalue weighted by molar-refractivity contribution is 0.132. The fourth-order valence-electron chi connectivity index (χ4n) is 5.10. The molecule has 148 valence electrons. The van der Waals surface area contributed by atoms with Crippen LogP contribution in [0.2, 0.25) is 16.6 Å². The van der Waals surface area contributed by atoms with Gasteiger partial charge in [-0.05, 0) is 35.4 Å². The first-order valence-corrected chi connectivity index (χ1v) is 12.4. The number of anilines is 2. The second kappa shape index (κ2) is 8.70. The van der Waals surface area contributed by atoms with E-state index >= 15 is 0 Å². The molecule has 1 heterocycles. The van der Waals surface area contributed by atoms with Crippen LogP contribution in [0.3, 0.4) is 0 Å². The summed E-state index contributed by atoms with van der Waals surface area (Å²) < 4.78 is 7.12. The highest BCUT2D eigenvalue weighted by Crippen LogP contribution is 2.46. The number of aromatic nitrogens is 2. The fraction of sp³-hybridized carbons (Fsp3) is 0.800. The molecule has 0 bridgehead atoms. The van der Waals surface area contributed by atoms with E-state index in [-0.39, 0.29) is 0 Å². The number of nitrogens with one attached hydrogen (secondary N) is 1. The monoisotopic (exact) mass is 378 g/mol. The molecule has 1 aromatic rings. The van der Waals surface area contributed by atoms with Crippen molar-refractivity contribution in [2.24, 2.45) is 5.92 Å². The highest BCUT2D eigenvalue weighted by Gasteiger charge is 2.49. The lowest BCUT2D eigenvalue weighted by atomic mass is 10.0. The minimum absolute atomic E-state index is 0.333. The summed E-state index contributed by atoms with van der Waals surface area (Å²) in [6.07, 6.45) is 6.84. The molecule has 1 aromatic heterocycles. The molecule has 2 rings (SSSR count). The SMILES string of the molecule is CC[C@H]1C[C@@H](Nc2ncncc2N)C[C@@H]1O[Si](C(C)C)(C(C)C)C(C)C. The van der Waals surface area contributed by atoms with Crippen molar-refractivity contribution in [3.8, 4) is 0 Å². The van der Waals surface area contributed by atoms with E-state index in [0.29, 0.717) is 40.4 Å². The maximum absolute atomic E-state index is 7.12. The number of nitrogen functional groups attached to an aromatic ring is 1. The van der Waals surface area contributed by atoms with Gasteiger partial charge in [-0.25, -0.2) is 9.97 Å². The van der Waals surface area contributed by atoms with Crippen LogP contribution >= 0.6 is 0 Å². The Morgan fingerprint density at radius 1 is 1.15 bits per heavy atom. The van der Waals surface area contributed by atoms with Gasteiger partial charge in [-0.3, -0.25) is 0 Å². The van der Waals surface area contributed by atoms with Crippen molar-refractivity contribution in [2.45, 2.75) is 96.5 Å². The quantitative estimate of drug-likeness (QED) is 0.607. The van der Waals surface area contributed by atoms with Crippen LogP contribution in [0, 0.1) is 5.92 Å². The minimum atomic E-state index is -1.86. The molecule has 0 unspecified atom stereocenters. The van der Waals surface area contributed by atoms with Crippen LogP contribution in [-0.2, 0) is 4.43 Å². The molecule has 26 heavy (non-hydrogen) atoms. The number of rotatable bonds is 8. The van der Waals surface area contributed by atoms with Crippen molar-refractivity contribution >= 4 is 19.8 Å². The van der Waals surface area contributed by atoms with E-state index in [0.717, 1.165) is 25.1 Å². The van der Waals surface area contributed by atoms with Gasteiger partial charge in [-0.2, -0.15) is 0 Å². The van der Waals surface area contributed by atoms with E-state index in [1.54, 1.807) is 12.5 Å². The molecule has 0 saturated heterocycles. The lowest BCUT2D eigenvalue weighted by Gasteiger charge is -2.45. The van der Waals surface area contributed by atoms with Gasteiger partial charge < -0.3 is 15.5 Å². The first kappa shape index (κ1) is 21.2. The van der Waals surface area contributed by atoms with Crippen LogP contribution in [0.5, 0.6) is 0 Å². The Labute approximate surface area is 160 Å². The lowest BCUT2D eigenvalue weighted by Crippen LogP contribution is -2.50. The molecule has 0 radical (unpaired) electrons. The third kappa shape index (κ3) is 4.22. The van der Waals surface area contributed by atoms with Crippen molar-refractivity contribution in [2.75, 3.05) is 11.1 Å². The fourth-order valence-corrected chi connectivity index (χ4v) is 10.7. The molecule has 1 saturated carbocycles. The molecule has 0 aliphatic heterocycles. The summed E-state index contributed by atoms with van der Waals surface area (Å²) in [5, 5.41) is 3.54. The third-order valence-electron chi connectivity index (χ3n) is 6.30. The Balaban J connectivity index is 2.16. The molecule has 0 spiro atoms. The van der Waals surface area contributed by atoms with Crippen molar-refractivity contribution in [1.29, 1.82) is 0 Å². The standard InChI is InChI=1S/C20H38N4OSi/c1-8-16-9-17(24-20-18(21)11-22-12-23-20)10-19(16)25-26(13(2)3,14(4)5)15(6)7/h11-17,19H,8-10,21H2,1-7H3,(H,22,23,24)/t16-,17+,19-/m0/s1. The zero-order valence-electron chi connectivity index (χ0n) is 17.6. The van der Waals surface area contributed by atoms with E-state index in [4.69, 9.17) is 10.2 Å². The van der Waals surface area contributed by atoms with E-state index in [9.17, 15) is 0 Å². The van der Waals surface area contributed by atoms with Crippen LogP contribution in [-0.4, -0.2) is 30.4 Å². The van der Waals surface area contributed by atoms with E-state index < -0.39 is 8.32 Å². The Kier molecular flexibility index (Phi) is 7.08. The predicted molar refractivity (Wildman–Crippen MR) is 113 cm³/mol. The largest absolute Gasteiger partial charge is 0.413 e. The summed E-state index contributed by atoms with van der Waals surface area (Å²) in [6.45, 7) is 16.4. The Bertz CT molecular complexity index is 557. The predicted octanol–water partition coefficient (Wildman–Crippen LogP) is 5.22. The van der Waals surface area contributed by atoms with E-state index in [1.165, 1.54) is 0 Å². The van der Waals surface area contributed by atoms with Crippen molar-refractivity contribution < 1.29 is 4.43 Å². The molecule has 3 atom stereocenters. The minimum Gasteiger partial charge on any atom is -0.413 e. The van der Waals surface area contributed by atoms with Gasteiger partial charge in [-0.1, -0.05) is 54.9 Å². The zero-order valence-corrected chi connectivity index (χ0v) is 18.6. The van der Waals surface area contributed by atoms with E-state index in [2.05, 4.69) is 63.8 Å². The zero-order chi connectivity index (χ0) is 19.5. The number of hydrogen-bond acceptors (Lipinski definition) is 5. The summed E-state index contributed by atoms with van der Waals surface area (Å²) in [6, 6.07) is 0.361. The van der Waals surface area contributed by atoms with Crippen LogP contribution in [0.4, 0.5) is 11.5 Å². The molecule has 1 aliphatic carbocycles. The molecule has 0 aromatic carbocycles. The maximum Gasteiger partial charge on any atom is 0.200 e. The maximum atomic E-state index is 7.12. The normalized spacial score (nSPS) is 24.0. The van der Waals surface area contributed by atoms with Crippen molar-refractivity contribution in [1.82, 2.24) is 9.97 Å². The highest BCUT2D eigenvalue weighted by molar-refractivity contribution is 6.77. The van der Waals surface area contributed by atoms with Crippen molar-refractivity contribution in [3.63, 3.8) is 0 Å². The number of hydrogen-bond donors (Lipinski definition) is 2. The molecule has 3 N–H and O–H groups in total. The molecule has 1 aliphatic rings. The summed E-state index contributed by atoms with van der Waals surface area (Å²) in [5.74, 6) is 1.35. The molecule has 0 amide bonds. The van der Waals surface area contributed by atoms with Crippen LogP contribution in [0.15, 0.2) is 12.5 Å². The first-order valence-electron chi connectivity index (χ1n) is 10.2. The smallest absolute Gasteiger partial charge is 0.200 e. The van der Waals surface area contributed by atoms with Gasteiger partial charge in [0.1, 0.15) is 6.33 Å². The summed E-state index contributed by atoms with van der Waals surface area (Å²) >= 11 is 0. The number of nitrogens with two attached hydrogens (primary N) is 1. The molecule has 1 fully saturated rings. The third-order valence-corrected chi connectivity index (χ3v) is 12.4. The van der Waals surface area contributed by atoms with Crippen LogP contribution < -0.4 is 11.1 Å². The van der Waals surface area contributed by atoms with Crippen LogP contribution in [0.1, 0.15) is 67.7 Å². The second-order valence-electron chi connectivity index (χ2n) is 8.78. The summed E-state index contributed by atoms with van der Waals surface area (Å²) in [7, 11) is -1.86. The highest BCUT2D eigenvalue weighted by atomic mass is 28.4. The molecule has 6 heteroatoms. The van der Waals surface area contributed by atoms with Gasteiger partial charge >= 0.3 is 0 Å². The number of nitrogens with zero attached hydrogens (tertiary/aromatic N) is 2. The topological polar surface area (TPSA) is 73.1 Å². The van der Waals surface area contributed by atoms with Crippen molar-refractivity contribution in [3.05, 3.63) is 12.5 Å². The van der Waals surface area contributed by atoms with Gasteiger partial charge in [0.15, 0.2) is 5.82 Å². The summed E-state index contributed by atoms with van der Waals surface area (Å²) in [4.78, 5) is 8.27. The van der Waals surface area contributed by atoms with Crippen LogP contribution in [0.25, 0.3) is 0 Å². The van der Waals surface area contributed by atoms with Gasteiger partial charge in [0.05, 0.1) is 11.9 Å². The molecular formula is C20H38N4OSi.